The van der Waals surface area contributed by atoms with Crippen molar-refractivity contribution >= 4 is 29.5 Å². The molecular weight excluding hydrogens is 510 g/mol. The summed E-state index contributed by atoms with van der Waals surface area (Å²) in [5.41, 5.74) is -0.707. The quantitative estimate of drug-likeness (QED) is 0.386. The zero-order valence-electron chi connectivity index (χ0n) is 20.6. The third-order valence-corrected chi connectivity index (χ3v) is 5.30. The Balaban J connectivity index is 1.71. The minimum atomic E-state index is -4.04. The van der Waals surface area contributed by atoms with E-state index >= 15 is 8.78 Å². The number of carbonyl (C=O) groups excluding carboxylic acids is 3. The molecule has 0 radical (unpaired) electrons. The molecule has 38 heavy (non-hydrogen) atoms. The van der Waals surface area contributed by atoms with E-state index in [4.69, 9.17) is 14.2 Å². The van der Waals surface area contributed by atoms with E-state index in [1.807, 2.05) is 0 Å². The largest absolute Gasteiger partial charge is 0.453 e. The number of esters is 1. The lowest BCUT2D eigenvalue weighted by Crippen LogP contribution is -2.45. The fourth-order valence-corrected chi connectivity index (χ4v) is 3.53. The number of hydrogen-bond donors (Lipinski definition) is 3. The van der Waals surface area contributed by atoms with Gasteiger partial charge in [-0.15, -0.1) is 0 Å². The molecule has 1 aromatic heterocycles. The van der Waals surface area contributed by atoms with E-state index in [0.29, 0.717) is 10.3 Å². The van der Waals surface area contributed by atoms with Crippen molar-refractivity contribution in [2.45, 2.75) is 51.0 Å². The molecule has 206 valence electrons. The van der Waals surface area contributed by atoms with Crippen LogP contribution in [0.1, 0.15) is 32.9 Å². The van der Waals surface area contributed by atoms with E-state index in [-0.39, 0.29) is 18.9 Å². The molecule has 14 heteroatoms. The average Bonchev–Trinajstić information content (AvgIpc) is 3.11. The fourth-order valence-electron chi connectivity index (χ4n) is 3.53. The first kappa shape index (κ1) is 28.7. The van der Waals surface area contributed by atoms with Gasteiger partial charge in [0.2, 0.25) is 12.1 Å². The summed E-state index contributed by atoms with van der Waals surface area (Å²) in [6.07, 6.45) is -7.30. The summed E-state index contributed by atoms with van der Waals surface area (Å²) >= 11 is 0. The number of amides is 2. The number of carbonyl (C=O) groups is 3. The number of halogens is 2. The number of aromatic nitrogens is 2. The standard InChI is InChI=1S/C24H28F2N4O8/c1-14(2)13-36-23(35)29-17-10-11-27-22(34)30(17)21-24(25,26)20(16(12-31)37-21)38-19(33)9-8-18(32)28-15-6-4-3-5-7-15/h3-7,10-11,14,16,20-21,31H,8-9,12-13H2,1-2H3,(H,28,32)(H,29,35)/t16-,20-,21-/m1/s1. The first-order chi connectivity index (χ1) is 18.0. The van der Waals surface area contributed by atoms with Gasteiger partial charge in [0.05, 0.1) is 19.6 Å². The van der Waals surface area contributed by atoms with Crippen LogP contribution in [0.2, 0.25) is 0 Å². The van der Waals surface area contributed by atoms with Gasteiger partial charge in [-0.1, -0.05) is 32.0 Å². The highest BCUT2D eigenvalue weighted by Gasteiger charge is 2.62. The van der Waals surface area contributed by atoms with Crippen molar-refractivity contribution in [3.05, 3.63) is 53.1 Å². The van der Waals surface area contributed by atoms with Crippen molar-refractivity contribution in [1.29, 1.82) is 0 Å². The molecule has 1 aromatic carbocycles. The van der Waals surface area contributed by atoms with Gasteiger partial charge in [0, 0.05) is 18.3 Å². The lowest BCUT2D eigenvalue weighted by atomic mass is 10.1. The Morgan fingerprint density at radius 2 is 1.87 bits per heavy atom. The number of ether oxygens (including phenoxy) is 3. The molecule has 1 aliphatic heterocycles. The zero-order chi connectivity index (χ0) is 27.9. The average molecular weight is 539 g/mol. The van der Waals surface area contributed by atoms with E-state index in [9.17, 15) is 24.3 Å². The first-order valence-electron chi connectivity index (χ1n) is 11.7. The van der Waals surface area contributed by atoms with Crippen LogP contribution in [0.4, 0.5) is 25.1 Å². The summed E-state index contributed by atoms with van der Waals surface area (Å²) in [7, 11) is 0. The normalized spacial score (nSPS) is 20.1. The Hall–Kier alpha value is -3.91. The Kier molecular flexibility index (Phi) is 9.47. The second kappa shape index (κ2) is 12.6. The van der Waals surface area contributed by atoms with E-state index < -0.39 is 66.9 Å². The minimum absolute atomic E-state index is 0.00643. The number of hydrogen-bond acceptors (Lipinski definition) is 9. The second-order valence-corrected chi connectivity index (χ2v) is 8.81. The molecule has 0 aliphatic carbocycles. The molecule has 0 bridgehead atoms. The second-order valence-electron chi connectivity index (χ2n) is 8.81. The van der Waals surface area contributed by atoms with Crippen molar-refractivity contribution in [2.24, 2.45) is 5.92 Å². The maximum Gasteiger partial charge on any atom is 0.412 e. The maximum absolute atomic E-state index is 15.5. The lowest BCUT2D eigenvalue weighted by molar-refractivity contribution is -0.176. The van der Waals surface area contributed by atoms with Crippen LogP contribution in [0, 0.1) is 5.92 Å². The highest BCUT2D eigenvalue weighted by molar-refractivity contribution is 5.92. The number of benzene rings is 1. The van der Waals surface area contributed by atoms with Crippen molar-refractivity contribution in [3.63, 3.8) is 0 Å². The van der Waals surface area contributed by atoms with Gasteiger partial charge < -0.3 is 24.6 Å². The van der Waals surface area contributed by atoms with Gasteiger partial charge in [0.1, 0.15) is 11.9 Å². The smallest absolute Gasteiger partial charge is 0.412 e. The molecule has 2 aromatic rings. The number of alkyl halides is 2. The van der Waals surface area contributed by atoms with Gasteiger partial charge in [-0.3, -0.25) is 14.9 Å². The first-order valence-corrected chi connectivity index (χ1v) is 11.7. The number of anilines is 2. The Bertz CT molecular complexity index is 1190. The lowest BCUT2D eigenvalue weighted by Gasteiger charge is -2.25. The van der Waals surface area contributed by atoms with E-state index in [1.54, 1.807) is 44.2 Å². The van der Waals surface area contributed by atoms with Crippen LogP contribution in [0.3, 0.4) is 0 Å². The minimum Gasteiger partial charge on any atom is -0.453 e. The number of para-hydroxylation sites is 1. The molecule has 0 unspecified atom stereocenters. The summed E-state index contributed by atoms with van der Waals surface area (Å²) in [5.74, 6) is -6.14. The summed E-state index contributed by atoms with van der Waals surface area (Å²) < 4.78 is 46.4. The highest BCUT2D eigenvalue weighted by Crippen LogP contribution is 2.44. The molecule has 3 atom stereocenters. The molecule has 2 heterocycles. The van der Waals surface area contributed by atoms with Gasteiger partial charge in [-0.05, 0) is 24.1 Å². The molecule has 0 spiro atoms. The molecule has 3 rings (SSSR count). The van der Waals surface area contributed by atoms with Crippen molar-refractivity contribution in [2.75, 3.05) is 23.8 Å². The molecule has 12 nitrogen and oxygen atoms in total. The third-order valence-electron chi connectivity index (χ3n) is 5.30. The van der Waals surface area contributed by atoms with Crippen LogP contribution < -0.4 is 16.3 Å². The summed E-state index contributed by atoms with van der Waals surface area (Å²) in [4.78, 5) is 52.4. The third kappa shape index (κ3) is 7.10. The SMILES string of the molecule is CC(C)COC(=O)Nc1ccnc(=O)n1[C@@H]1O[C@H](CO)[C@@H](OC(=O)CCC(=O)Nc2ccccc2)C1(F)F. The molecular formula is C24H28F2N4O8. The number of rotatable bonds is 10. The number of aliphatic hydroxyl groups excluding tert-OH is 1. The van der Waals surface area contributed by atoms with Crippen LogP contribution in [0.25, 0.3) is 0 Å². The summed E-state index contributed by atoms with van der Waals surface area (Å²) in [6, 6.07) is 9.48. The van der Waals surface area contributed by atoms with Crippen molar-refractivity contribution in [1.82, 2.24) is 9.55 Å². The predicted molar refractivity (Wildman–Crippen MR) is 128 cm³/mol. The monoisotopic (exact) mass is 538 g/mol. The van der Waals surface area contributed by atoms with Crippen molar-refractivity contribution < 1.29 is 42.5 Å². The van der Waals surface area contributed by atoms with Crippen LogP contribution >= 0.6 is 0 Å². The van der Waals surface area contributed by atoms with Crippen molar-refractivity contribution in [3.8, 4) is 0 Å². The molecule has 1 fully saturated rings. The topological polar surface area (TPSA) is 158 Å². The van der Waals surface area contributed by atoms with Crippen LogP contribution in [-0.2, 0) is 23.8 Å². The van der Waals surface area contributed by atoms with Gasteiger partial charge >= 0.3 is 23.7 Å². The predicted octanol–water partition coefficient (Wildman–Crippen LogP) is 2.30. The van der Waals surface area contributed by atoms with Gasteiger partial charge in [0.15, 0.2) is 6.10 Å². The van der Waals surface area contributed by atoms with Crippen LogP contribution in [0.15, 0.2) is 47.4 Å². The molecule has 2 amide bonds. The molecule has 1 saturated heterocycles. The Morgan fingerprint density at radius 3 is 2.53 bits per heavy atom. The molecule has 3 N–H and O–H groups in total. The zero-order valence-corrected chi connectivity index (χ0v) is 20.6. The molecule has 0 saturated carbocycles. The van der Waals surface area contributed by atoms with Crippen LogP contribution in [0.5, 0.6) is 0 Å². The van der Waals surface area contributed by atoms with Gasteiger partial charge in [-0.2, -0.15) is 8.78 Å². The van der Waals surface area contributed by atoms with E-state index in [2.05, 4.69) is 15.6 Å². The Morgan fingerprint density at radius 1 is 1.16 bits per heavy atom. The van der Waals surface area contributed by atoms with Gasteiger partial charge in [0.25, 0.3) is 0 Å². The number of aliphatic hydroxyl groups is 1. The van der Waals surface area contributed by atoms with Gasteiger partial charge in [-0.25, -0.2) is 19.1 Å². The van der Waals surface area contributed by atoms with E-state index in [1.165, 1.54) is 0 Å². The molecule has 1 aliphatic rings. The fraction of sp³-hybridized carbons (Fsp3) is 0.458. The summed E-state index contributed by atoms with van der Waals surface area (Å²) in [5, 5.41) is 14.4. The maximum atomic E-state index is 15.5. The number of nitrogens with zero attached hydrogens (tertiary/aromatic N) is 2. The number of nitrogens with one attached hydrogen (secondary N) is 2. The highest BCUT2D eigenvalue weighted by atomic mass is 19.3. The van der Waals surface area contributed by atoms with E-state index in [0.717, 1.165) is 12.3 Å². The summed E-state index contributed by atoms with van der Waals surface area (Å²) in [6.45, 7) is 2.63. The Labute approximate surface area is 215 Å². The van der Waals surface area contributed by atoms with Crippen LogP contribution in [-0.4, -0.2) is 64.0 Å².